The first-order valence-electron chi connectivity index (χ1n) is 6.29. The molecule has 0 aliphatic heterocycles. The van der Waals surface area contributed by atoms with Gasteiger partial charge in [0.15, 0.2) is 5.39 Å². The van der Waals surface area contributed by atoms with Crippen LogP contribution < -0.4 is 11.1 Å². The second kappa shape index (κ2) is 4.96. The van der Waals surface area contributed by atoms with Gasteiger partial charge in [-0.1, -0.05) is 0 Å². The van der Waals surface area contributed by atoms with Crippen molar-refractivity contribution in [1.82, 2.24) is 0 Å². The molecular weight excluding hydrogens is 290 g/mol. The number of nitro benzene ring substituents is 1. The maximum atomic E-state index is 12.1. The summed E-state index contributed by atoms with van der Waals surface area (Å²) in [5.41, 5.74) is -0.726. The van der Waals surface area contributed by atoms with Crippen molar-refractivity contribution in [2.75, 3.05) is 0 Å². The van der Waals surface area contributed by atoms with Crippen LogP contribution >= 0.6 is 0 Å². The molecule has 0 radical (unpaired) electrons. The van der Waals surface area contributed by atoms with Gasteiger partial charge in [-0.3, -0.25) is 14.9 Å². The van der Waals surface area contributed by atoms with Crippen molar-refractivity contribution >= 4 is 16.7 Å². The Bertz CT molecular complexity index is 997. The summed E-state index contributed by atoms with van der Waals surface area (Å²) in [6.45, 7) is 1.57. The highest BCUT2D eigenvalue weighted by atomic mass is 16.6. The largest absolute Gasteiger partial charge is 0.455 e. The number of hydrogen-bond acceptors (Lipinski definition) is 6. The molecule has 1 aromatic carbocycles. The van der Waals surface area contributed by atoms with Crippen LogP contribution in [0.2, 0.25) is 0 Å². The Labute approximate surface area is 122 Å². The predicted octanol–water partition coefficient (Wildman–Crippen LogP) is 2.63. The lowest BCUT2D eigenvalue weighted by Crippen LogP contribution is -2.12. The fraction of sp³-hybridized carbons (Fsp3) is 0.0667. The molecular formula is C15H9NO6. The molecule has 0 amide bonds. The molecule has 0 fully saturated rings. The van der Waals surface area contributed by atoms with Gasteiger partial charge in [-0.2, -0.15) is 0 Å². The molecule has 3 aromatic rings. The number of benzene rings is 1. The van der Waals surface area contributed by atoms with E-state index < -0.39 is 16.0 Å². The second-order valence-corrected chi connectivity index (χ2v) is 4.66. The van der Waals surface area contributed by atoms with Crippen LogP contribution in [0.1, 0.15) is 5.76 Å². The number of non-ortho nitro benzene ring substituents is 1. The third-order valence-corrected chi connectivity index (χ3v) is 3.13. The van der Waals surface area contributed by atoms with Crippen LogP contribution in [-0.2, 0) is 0 Å². The molecule has 0 saturated heterocycles. The maximum Gasteiger partial charge on any atom is 0.351 e. The van der Waals surface area contributed by atoms with Gasteiger partial charge in [0.2, 0.25) is 5.43 Å². The van der Waals surface area contributed by atoms with Crippen LogP contribution in [0.5, 0.6) is 0 Å². The van der Waals surface area contributed by atoms with Crippen LogP contribution in [0.15, 0.2) is 54.8 Å². The zero-order valence-electron chi connectivity index (χ0n) is 11.4. The highest BCUT2D eigenvalue weighted by Gasteiger charge is 2.13. The monoisotopic (exact) mass is 299 g/mol. The van der Waals surface area contributed by atoms with E-state index >= 15 is 0 Å². The fourth-order valence-electron chi connectivity index (χ4n) is 2.12. The van der Waals surface area contributed by atoms with Crippen LogP contribution in [-0.4, -0.2) is 4.92 Å². The first kappa shape index (κ1) is 13.7. The summed E-state index contributed by atoms with van der Waals surface area (Å²) in [6.07, 6.45) is 0. The van der Waals surface area contributed by atoms with E-state index in [1.54, 1.807) is 6.92 Å². The molecule has 0 saturated carbocycles. The van der Waals surface area contributed by atoms with Gasteiger partial charge in [0.25, 0.3) is 5.69 Å². The standard InChI is InChI=1S/C15H9NO6/c1-8-6-13-14(15(18)21-8)11(17)7-12(22-13)9-2-4-10(5-3-9)16(19)20/h2-7H,1H3. The lowest BCUT2D eigenvalue weighted by atomic mass is 10.1. The van der Waals surface area contributed by atoms with E-state index in [0.29, 0.717) is 11.3 Å². The molecule has 0 unspecified atom stereocenters. The van der Waals surface area contributed by atoms with Gasteiger partial charge < -0.3 is 8.83 Å². The topological polar surface area (TPSA) is 104 Å². The molecule has 110 valence electrons. The first-order valence-corrected chi connectivity index (χ1v) is 6.29. The van der Waals surface area contributed by atoms with Crippen LogP contribution in [0.3, 0.4) is 0 Å². The minimum atomic E-state index is -0.751. The quantitative estimate of drug-likeness (QED) is 0.532. The van der Waals surface area contributed by atoms with Crippen LogP contribution in [0.25, 0.3) is 22.3 Å². The van der Waals surface area contributed by atoms with Gasteiger partial charge in [0.05, 0.1) is 4.92 Å². The van der Waals surface area contributed by atoms with E-state index in [0.717, 1.165) is 6.07 Å². The third-order valence-electron chi connectivity index (χ3n) is 3.13. The summed E-state index contributed by atoms with van der Waals surface area (Å²) in [6, 6.07) is 8.18. The molecule has 22 heavy (non-hydrogen) atoms. The molecule has 2 aromatic heterocycles. The zero-order valence-corrected chi connectivity index (χ0v) is 11.4. The summed E-state index contributed by atoms with van der Waals surface area (Å²) >= 11 is 0. The SMILES string of the molecule is Cc1cc2oc(-c3ccc([N+](=O)[O-])cc3)cc(=O)c2c(=O)o1. The summed E-state index contributed by atoms with van der Waals surface area (Å²) in [4.78, 5) is 33.9. The molecule has 7 heteroatoms. The third kappa shape index (κ3) is 2.28. The molecule has 0 bridgehead atoms. The highest BCUT2D eigenvalue weighted by molar-refractivity contribution is 5.77. The normalized spacial score (nSPS) is 10.8. The van der Waals surface area contributed by atoms with Crippen molar-refractivity contribution in [3.05, 3.63) is 72.9 Å². The lowest BCUT2D eigenvalue weighted by Gasteiger charge is -2.03. The number of nitro groups is 1. The molecule has 0 aliphatic carbocycles. The number of rotatable bonds is 2. The molecule has 0 N–H and O–H groups in total. The summed E-state index contributed by atoms with van der Waals surface area (Å²) < 4.78 is 10.4. The van der Waals surface area contributed by atoms with Crippen molar-refractivity contribution in [2.24, 2.45) is 0 Å². The van der Waals surface area contributed by atoms with Crippen molar-refractivity contribution in [2.45, 2.75) is 6.92 Å². The molecule has 2 heterocycles. The van der Waals surface area contributed by atoms with Crippen molar-refractivity contribution in [3.63, 3.8) is 0 Å². The van der Waals surface area contributed by atoms with Crippen molar-refractivity contribution in [3.8, 4) is 11.3 Å². The first-order chi connectivity index (χ1) is 10.5. The lowest BCUT2D eigenvalue weighted by molar-refractivity contribution is -0.384. The highest BCUT2D eigenvalue weighted by Crippen LogP contribution is 2.23. The van der Waals surface area contributed by atoms with Gasteiger partial charge in [-0.25, -0.2) is 4.79 Å². The van der Waals surface area contributed by atoms with Crippen molar-refractivity contribution in [1.29, 1.82) is 0 Å². The molecule has 0 spiro atoms. The fourth-order valence-corrected chi connectivity index (χ4v) is 2.12. The molecule has 7 nitrogen and oxygen atoms in total. The summed E-state index contributed by atoms with van der Waals surface area (Å²) in [7, 11) is 0. The smallest absolute Gasteiger partial charge is 0.351 e. The Kier molecular flexibility index (Phi) is 3.10. The minimum absolute atomic E-state index is 0.0663. The zero-order chi connectivity index (χ0) is 15.9. The predicted molar refractivity (Wildman–Crippen MR) is 77.8 cm³/mol. The van der Waals surface area contributed by atoms with E-state index in [4.69, 9.17) is 8.83 Å². The van der Waals surface area contributed by atoms with Gasteiger partial charge in [0, 0.05) is 29.8 Å². The number of aryl methyl sites for hydroxylation is 1. The molecule has 0 atom stereocenters. The van der Waals surface area contributed by atoms with E-state index in [1.165, 1.54) is 30.3 Å². The Balaban J connectivity index is 2.22. The molecule has 0 aliphatic rings. The Morgan fingerprint density at radius 2 is 1.73 bits per heavy atom. The van der Waals surface area contributed by atoms with E-state index in [1.807, 2.05) is 0 Å². The van der Waals surface area contributed by atoms with Crippen molar-refractivity contribution < 1.29 is 13.8 Å². The molecule has 3 rings (SSSR count). The van der Waals surface area contributed by atoms with Crippen LogP contribution in [0, 0.1) is 17.0 Å². The van der Waals surface area contributed by atoms with Gasteiger partial charge in [-0.05, 0) is 19.1 Å². The van der Waals surface area contributed by atoms with Gasteiger partial charge in [-0.15, -0.1) is 0 Å². The Morgan fingerprint density at radius 3 is 2.36 bits per heavy atom. The van der Waals surface area contributed by atoms with Crippen LogP contribution in [0.4, 0.5) is 5.69 Å². The minimum Gasteiger partial charge on any atom is -0.455 e. The van der Waals surface area contributed by atoms with E-state index in [9.17, 15) is 19.7 Å². The van der Waals surface area contributed by atoms with Gasteiger partial charge in [0.1, 0.15) is 17.1 Å². The summed E-state index contributed by atoms with van der Waals surface area (Å²) in [5.74, 6) is 0.541. The maximum absolute atomic E-state index is 12.1. The van der Waals surface area contributed by atoms with E-state index in [2.05, 4.69) is 0 Å². The summed E-state index contributed by atoms with van der Waals surface area (Å²) in [5, 5.41) is 10.5. The Hall–Kier alpha value is -3.22. The number of nitrogens with zero attached hydrogens (tertiary/aromatic N) is 1. The Morgan fingerprint density at radius 1 is 1.05 bits per heavy atom. The average Bonchev–Trinajstić information content (AvgIpc) is 2.46. The second-order valence-electron chi connectivity index (χ2n) is 4.66. The van der Waals surface area contributed by atoms with Gasteiger partial charge >= 0.3 is 5.63 Å². The number of fused-ring (bicyclic) bond motifs is 1. The number of hydrogen-bond donors (Lipinski definition) is 0. The van der Waals surface area contributed by atoms with E-state index in [-0.39, 0.29) is 22.4 Å². The average molecular weight is 299 g/mol.